The summed E-state index contributed by atoms with van der Waals surface area (Å²) in [5, 5.41) is 0.551. The smallest absolute Gasteiger partial charge is 0.263 e. The molecule has 112 valence electrons. The Morgan fingerprint density at radius 3 is 2.38 bits per heavy atom. The Morgan fingerprint density at radius 1 is 1.10 bits per heavy atom. The number of hydrogen-bond donors (Lipinski definition) is 1. The lowest BCUT2D eigenvalue weighted by Gasteiger charge is -2.14. The second-order valence-corrected chi connectivity index (χ2v) is 7.07. The standard InChI is InChI=1S/C12H10Cl3N3O2S/c1-6-3-8(13)7(2)12(11(6)15)21(19,20)18-10-4-9(14)16-5-17-10/h3-5H,1-2H3,(H,16,17,18). The molecule has 9 heteroatoms. The third-order valence-electron chi connectivity index (χ3n) is 2.73. The molecular formula is C12H10Cl3N3O2S. The minimum absolute atomic E-state index is 0.0445. The van der Waals surface area contributed by atoms with Gasteiger partial charge in [-0.2, -0.15) is 0 Å². The molecule has 21 heavy (non-hydrogen) atoms. The number of sulfonamides is 1. The van der Waals surface area contributed by atoms with Crippen molar-refractivity contribution in [1.82, 2.24) is 9.97 Å². The van der Waals surface area contributed by atoms with Gasteiger partial charge in [-0.1, -0.05) is 34.8 Å². The van der Waals surface area contributed by atoms with E-state index in [2.05, 4.69) is 14.7 Å². The van der Waals surface area contributed by atoms with Crippen LogP contribution in [0, 0.1) is 13.8 Å². The summed E-state index contributed by atoms with van der Waals surface area (Å²) in [6, 6.07) is 2.90. The number of nitrogens with one attached hydrogen (secondary N) is 1. The average Bonchev–Trinajstić information content (AvgIpc) is 2.35. The van der Waals surface area contributed by atoms with Crippen molar-refractivity contribution in [3.05, 3.63) is 44.8 Å². The Balaban J connectivity index is 2.55. The van der Waals surface area contributed by atoms with Crippen LogP contribution in [0.2, 0.25) is 15.2 Å². The lowest BCUT2D eigenvalue weighted by atomic mass is 10.2. The Morgan fingerprint density at radius 2 is 1.76 bits per heavy atom. The third-order valence-corrected chi connectivity index (χ3v) is 5.45. The molecule has 2 aromatic rings. The minimum atomic E-state index is -3.95. The fraction of sp³-hybridized carbons (Fsp3) is 0.167. The molecule has 1 heterocycles. The number of aryl methyl sites for hydroxylation is 1. The molecule has 0 unspecified atom stereocenters. The van der Waals surface area contributed by atoms with Gasteiger partial charge in [0.05, 0.1) is 5.02 Å². The van der Waals surface area contributed by atoms with Crippen LogP contribution in [0.3, 0.4) is 0 Å². The first-order valence-electron chi connectivity index (χ1n) is 5.68. The van der Waals surface area contributed by atoms with Gasteiger partial charge in [0.15, 0.2) is 0 Å². The highest BCUT2D eigenvalue weighted by molar-refractivity contribution is 7.92. The van der Waals surface area contributed by atoms with E-state index in [1.165, 1.54) is 6.07 Å². The van der Waals surface area contributed by atoms with Crippen LogP contribution in [0.1, 0.15) is 11.1 Å². The van der Waals surface area contributed by atoms with Gasteiger partial charge in [0, 0.05) is 11.1 Å². The summed E-state index contributed by atoms with van der Waals surface area (Å²) in [5.74, 6) is 0.0445. The van der Waals surface area contributed by atoms with E-state index in [0.29, 0.717) is 16.1 Å². The fourth-order valence-electron chi connectivity index (χ4n) is 1.71. The summed E-state index contributed by atoms with van der Waals surface area (Å²) in [6.07, 6.45) is 1.15. The van der Waals surface area contributed by atoms with E-state index in [4.69, 9.17) is 34.8 Å². The predicted octanol–water partition coefficient (Wildman–Crippen LogP) is 3.85. The van der Waals surface area contributed by atoms with Crippen LogP contribution in [-0.4, -0.2) is 18.4 Å². The number of benzene rings is 1. The number of aromatic nitrogens is 2. The molecule has 0 radical (unpaired) electrons. The summed E-state index contributed by atoms with van der Waals surface area (Å²) in [4.78, 5) is 7.39. The summed E-state index contributed by atoms with van der Waals surface area (Å²) < 4.78 is 27.3. The lowest BCUT2D eigenvalue weighted by molar-refractivity contribution is 0.600. The molecule has 1 N–H and O–H groups in total. The summed E-state index contributed by atoms with van der Waals surface area (Å²) in [7, 11) is -3.95. The van der Waals surface area contributed by atoms with Gasteiger partial charge in [-0.05, 0) is 31.0 Å². The van der Waals surface area contributed by atoms with Gasteiger partial charge in [-0.25, -0.2) is 18.4 Å². The second-order valence-electron chi connectivity index (χ2n) is 4.27. The van der Waals surface area contributed by atoms with E-state index < -0.39 is 10.0 Å². The number of nitrogens with zero attached hydrogens (tertiary/aromatic N) is 2. The van der Waals surface area contributed by atoms with Crippen molar-refractivity contribution >= 4 is 50.6 Å². The molecule has 0 bridgehead atoms. The molecule has 1 aromatic carbocycles. The Hall–Kier alpha value is -1.08. The normalized spacial score (nSPS) is 11.5. The third kappa shape index (κ3) is 3.40. The highest BCUT2D eigenvalue weighted by Gasteiger charge is 2.24. The molecule has 1 aromatic heterocycles. The number of halogens is 3. The van der Waals surface area contributed by atoms with Crippen LogP contribution in [0.25, 0.3) is 0 Å². The number of hydrogen-bond acceptors (Lipinski definition) is 4. The monoisotopic (exact) mass is 365 g/mol. The highest BCUT2D eigenvalue weighted by Crippen LogP contribution is 2.34. The molecule has 0 aliphatic heterocycles. The largest absolute Gasteiger partial charge is 0.264 e. The van der Waals surface area contributed by atoms with Crippen LogP contribution < -0.4 is 4.72 Å². The first kappa shape index (κ1) is 16.3. The van der Waals surface area contributed by atoms with Crippen molar-refractivity contribution in [2.24, 2.45) is 0 Å². The van der Waals surface area contributed by atoms with Crippen LogP contribution in [0.5, 0.6) is 0 Å². The quantitative estimate of drug-likeness (QED) is 0.837. The molecule has 0 saturated heterocycles. The van der Waals surface area contributed by atoms with Crippen molar-refractivity contribution in [1.29, 1.82) is 0 Å². The topological polar surface area (TPSA) is 72.0 Å². The maximum atomic E-state index is 12.5. The molecular weight excluding hydrogens is 357 g/mol. The zero-order valence-corrected chi connectivity index (χ0v) is 14.1. The predicted molar refractivity (Wildman–Crippen MR) is 83.8 cm³/mol. The van der Waals surface area contributed by atoms with E-state index in [9.17, 15) is 8.42 Å². The zero-order valence-electron chi connectivity index (χ0n) is 11.0. The molecule has 0 aliphatic carbocycles. The Bertz CT molecular complexity index is 783. The van der Waals surface area contributed by atoms with Gasteiger partial charge < -0.3 is 0 Å². The average molecular weight is 367 g/mol. The van der Waals surface area contributed by atoms with Crippen molar-refractivity contribution < 1.29 is 8.42 Å². The lowest BCUT2D eigenvalue weighted by Crippen LogP contribution is -2.16. The van der Waals surface area contributed by atoms with Gasteiger partial charge in [0.1, 0.15) is 22.2 Å². The first-order chi connectivity index (χ1) is 9.72. The first-order valence-corrected chi connectivity index (χ1v) is 8.29. The molecule has 0 saturated carbocycles. The Kier molecular flexibility index (Phi) is 4.63. The van der Waals surface area contributed by atoms with Gasteiger partial charge in [-0.15, -0.1) is 0 Å². The van der Waals surface area contributed by atoms with Gasteiger partial charge in [-0.3, -0.25) is 4.72 Å². The summed E-state index contributed by atoms with van der Waals surface area (Å²) in [6.45, 7) is 3.25. The highest BCUT2D eigenvalue weighted by atomic mass is 35.5. The minimum Gasteiger partial charge on any atom is -0.263 e. The van der Waals surface area contributed by atoms with Gasteiger partial charge in [0.2, 0.25) is 0 Å². The molecule has 0 atom stereocenters. The van der Waals surface area contributed by atoms with Gasteiger partial charge in [0.25, 0.3) is 10.0 Å². The molecule has 0 amide bonds. The SMILES string of the molecule is Cc1cc(Cl)c(C)c(S(=O)(=O)Nc2cc(Cl)ncn2)c1Cl. The number of anilines is 1. The van der Waals surface area contributed by atoms with Crippen LogP contribution >= 0.6 is 34.8 Å². The van der Waals surface area contributed by atoms with E-state index in [0.717, 1.165) is 6.33 Å². The van der Waals surface area contributed by atoms with Crippen molar-refractivity contribution in [2.45, 2.75) is 18.7 Å². The molecule has 0 spiro atoms. The van der Waals surface area contributed by atoms with Gasteiger partial charge >= 0.3 is 0 Å². The summed E-state index contributed by atoms with van der Waals surface area (Å²) in [5.41, 5.74) is 0.924. The van der Waals surface area contributed by atoms with E-state index in [-0.39, 0.29) is 20.9 Å². The van der Waals surface area contributed by atoms with E-state index in [1.54, 1.807) is 19.9 Å². The van der Waals surface area contributed by atoms with Crippen LogP contribution in [0.15, 0.2) is 23.4 Å². The van der Waals surface area contributed by atoms with E-state index >= 15 is 0 Å². The number of rotatable bonds is 3. The molecule has 0 aliphatic rings. The zero-order chi connectivity index (χ0) is 15.8. The van der Waals surface area contributed by atoms with Crippen molar-refractivity contribution in [3.63, 3.8) is 0 Å². The molecule has 2 rings (SSSR count). The van der Waals surface area contributed by atoms with Crippen molar-refractivity contribution in [3.8, 4) is 0 Å². The second kappa shape index (κ2) is 5.96. The maximum Gasteiger partial charge on any atom is 0.264 e. The van der Waals surface area contributed by atoms with E-state index in [1.807, 2.05) is 0 Å². The van der Waals surface area contributed by atoms with Crippen molar-refractivity contribution in [2.75, 3.05) is 4.72 Å². The fourth-order valence-corrected chi connectivity index (χ4v) is 4.07. The van der Waals surface area contributed by atoms with Crippen LogP contribution in [-0.2, 0) is 10.0 Å². The Labute approximate surface area is 137 Å². The maximum absolute atomic E-state index is 12.5. The molecule has 5 nitrogen and oxygen atoms in total. The van der Waals surface area contributed by atoms with Crippen LogP contribution in [0.4, 0.5) is 5.82 Å². The molecule has 0 fully saturated rings. The summed E-state index contributed by atoms with van der Waals surface area (Å²) >= 11 is 17.8.